The van der Waals surface area contributed by atoms with Crippen LogP contribution in [0, 0.1) is 0 Å². The highest BCUT2D eigenvalue weighted by Gasteiger charge is 2.58. The number of aliphatic hydroxyl groups excluding tert-OH is 10. The molecule has 19 heteroatoms. The summed E-state index contributed by atoms with van der Waals surface area (Å²) in [6.07, 6.45) is -22.5. The Morgan fingerprint density at radius 3 is 1.79 bits per heavy atom. The quantitative estimate of drug-likeness (QED) is 0.0626. The second-order valence-corrected chi connectivity index (χ2v) is 10.5. The number of esters is 1. The largest absolute Gasteiger partial charge is 0.481 e. The third-order valence-electron chi connectivity index (χ3n) is 7.41. The van der Waals surface area contributed by atoms with E-state index in [-0.39, 0.29) is 25.7 Å². The first-order chi connectivity index (χ1) is 20.3. The molecule has 3 saturated heterocycles. The summed E-state index contributed by atoms with van der Waals surface area (Å²) in [4.78, 5) is 22.5. The smallest absolute Gasteiger partial charge is 0.305 e. The minimum Gasteiger partial charge on any atom is -0.481 e. The molecule has 250 valence electrons. The van der Waals surface area contributed by atoms with E-state index >= 15 is 0 Å². The number of rotatable bonds is 14. The van der Waals surface area contributed by atoms with Crippen molar-refractivity contribution < 1.29 is 94.2 Å². The molecular weight excluding hydrogens is 592 g/mol. The van der Waals surface area contributed by atoms with Crippen LogP contribution < -0.4 is 0 Å². The van der Waals surface area contributed by atoms with E-state index in [4.69, 9.17) is 33.5 Å². The summed E-state index contributed by atoms with van der Waals surface area (Å²) < 4.78 is 32.0. The van der Waals surface area contributed by atoms with Crippen LogP contribution in [0.1, 0.15) is 25.7 Å². The zero-order valence-corrected chi connectivity index (χ0v) is 22.8. The average molecular weight is 633 g/mol. The molecule has 0 aliphatic carbocycles. The van der Waals surface area contributed by atoms with Crippen LogP contribution in [0.5, 0.6) is 0 Å². The fourth-order valence-corrected chi connectivity index (χ4v) is 4.79. The summed E-state index contributed by atoms with van der Waals surface area (Å²) in [6.45, 7) is -3.14. The maximum Gasteiger partial charge on any atom is 0.305 e. The summed E-state index contributed by atoms with van der Waals surface area (Å²) in [5, 5.41) is 110. The molecule has 14 atom stereocenters. The van der Waals surface area contributed by atoms with Crippen molar-refractivity contribution in [2.24, 2.45) is 0 Å². The van der Waals surface area contributed by atoms with Crippen LogP contribution in [0.2, 0.25) is 0 Å². The lowest BCUT2D eigenvalue weighted by Crippen LogP contribution is -2.63. The van der Waals surface area contributed by atoms with Gasteiger partial charge in [0.15, 0.2) is 12.6 Å². The summed E-state index contributed by atoms with van der Waals surface area (Å²) >= 11 is 0. The van der Waals surface area contributed by atoms with E-state index < -0.39 is 124 Å². The normalized spacial score (nSPS) is 43.4. The molecule has 19 nitrogen and oxygen atoms in total. The summed E-state index contributed by atoms with van der Waals surface area (Å²) in [5.74, 6) is -4.15. The van der Waals surface area contributed by atoms with Crippen molar-refractivity contribution in [3.05, 3.63) is 0 Å². The Hall–Kier alpha value is -1.66. The number of carboxylic acids is 1. The van der Waals surface area contributed by atoms with E-state index in [1.54, 1.807) is 0 Å². The number of carbonyl (C=O) groups excluding carboxylic acids is 1. The van der Waals surface area contributed by atoms with Gasteiger partial charge in [-0.1, -0.05) is 0 Å². The van der Waals surface area contributed by atoms with Crippen molar-refractivity contribution in [3.63, 3.8) is 0 Å². The lowest BCUT2D eigenvalue weighted by molar-refractivity contribution is -0.388. The van der Waals surface area contributed by atoms with Crippen molar-refractivity contribution in [2.45, 2.75) is 111 Å². The Bertz CT molecular complexity index is 908. The fraction of sp³-hybridized carbons (Fsp3) is 0.917. The molecule has 43 heavy (non-hydrogen) atoms. The number of hydrogen-bond acceptors (Lipinski definition) is 18. The van der Waals surface area contributed by atoms with Gasteiger partial charge in [0.05, 0.1) is 13.2 Å². The van der Waals surface area contributed by atoms with Crippen LogP contribution in [0.3, 0.4) is 0 Å². The first kappa shape index (κ1) is 35.8. The average Bonchev–Trinajstić information content (AvgIpc) is 3.22. The summed E-state index contributed by atoms with van der Waals surface area (Å²) in [6, 6.07) is 0. The van der Waals surface area contributed by atoms with Gasteiger partial charge in [-0.15, -0.1) is 0 Å². The summed E-state index contributed by atoms with van der Waals surface area (Å²) in [5.41, 5.74) is 0. The maximum absolute atomic E-state index is 11.9. The fourth-order valence-electron chi connectivity index (χ4n) is 4.79. The van der Waals surface area contributed by atoms with Crippen molar-refractivity contribution in [1.29, 1.82) is 0 Å². The first-order valence-corrected chi connectivity index (χ1v) is 13.6. The van der Waals surface area contributed by atoms with Gasteiger partial charge in [0, 0.05) is 12.8 Å². The second-order valence-electron chi connectivity index (χ2n) is 10.5. The first-order valence-electron chi connectivity index (χ1n) is 13.6. The second kappa shape index (κ2) is 15.6. The molecule has 0 saturated carbocycles. The molecule has 11 N–H and O–H groups in total. The van der Waals surface area contributed by atoms with Gasteiger partial charge in [0.1, 0.15) is 80.4 Å². The number of aliphatic hydroxyl groups is 10. The van der Waals surface area contributed by atoms with Crippen LogP contribution >= 0.6 is 0 Å². The van der Waals surface area contributed by atoms with Gasteiger partial charge in [0.25, 0.3) is 0 Å². The van der Waals surface area contributed by atoms with Gasteiger partial charge in [-0.3, -0.25) is 9.59 Å². The van der Waals surface area contributed by atoms with Crippen molar-refractivity contribution in [1.82, 2.24) is 0 Å². The molecule has 2 unspecified atom stereocenters. The lowest BCUT2D eigenvalue weighted by Gasteiger charge is -2.44. The van der Waals surface area contributed by atoms with Crippen LogP contribution in [-0.2, 0) is 38.0 Å². The Kier molecular flexibility index (Phi) is 13.0. The third kappa shape index (κ3) is 8.34. The Balaban J connectivity index is 1.60. The van der Waals surface area contributed by atoms with Gasteiger partial charge in [0.2, 0.25) is 5.79 Å². The predicted octanol–water partition coefficient (Wildman–Crippen LogP) is -6.38. The van der Waals surface area contributed by atoms with Gasteiger partial charge in [-0.2, -0.15) is 0 Å². The molecular formula is C24H40O19. The molecule has 0 aromatic rings. The minimum absolute atomic E-state index is 0.116. The number of carbonyl (C=O) groups is 2. The van der Waals surface area contributed by atoms with Gasteiger partial charge < -0.3 is 84.6 Å². The molecule has 0 aromatic heterocycles. The number of unbranched alkanes of at least 4 members (excludes halogenated alkanes) is 1. The molecule has 0 aromatic carbocycles. The Labute approximate surface area is 244 Å². The molecule has 0 amide bonds. The Morgan fingerprint density at radius 2 is 1.23 bits per heavy atom. The highest BCUT2D eigenvalue weighted by molar-refractivity contribution is 5.69. The maximum atomic E-state index is 11.9. The highest BCUT2D eigenvalue weighted by Crippen LogP contribution is 2.36. The van der Waals surface area contributed by atoms with Gasteiger partial charge in [-0.05, 0) is 12.8 Å². The SMILES string of the molecule is O=C(O)CCCCC(=O)OC[C@H]1OC(OC[C@H]2OC(O[C@]3(CO)O[C@H](CO)[C@@H](O)[C@@H]3O)[C@H](O)[C@@H](O)[C@@H]2O)[C@H](O)[C@@H](O)[C@H]1O. The van der Waals surface area contributed by atoms with E-state index in [2.05, 4.69) is 0 Å². The highest BCUT2D eigenvalue weighted by atomic mass is 16.8. The standard InChI is InChI=1S/C24H40O19/c25-5-9-16(32)21(37)24(8-26,42-9)43-23-20(36)18(34)15(31)11(41-23)7-39-22-19(35)17(33)14(30)10(40-22)6-38-13(29)4-2-1-3-12(27)28/h9-11,14-23,25-26,30-37H,1-8H2,(H,27,28)/t9-,10-,11-,14+,15-,16-,17+,18+,19-,20-,21+,22?,23?,24+/m1/s1. The molecule has 3 rings (SSSR count). The van der Waals surface area contributed by atoms with E-state index in [0.29, 0.717) is 0 Å². The molecule has 3 fully saturated rings. The van der Waals surface area contributed by atoms with Crippen molar-refractivity contribution in [3.8, 4) is 0 Å². The van der Waals surface area contributed by atoms with Crippen LogP contribution in [0.15, 0.2) is 0 Å². The number of carboxylic acid groups (broad SMARTS) is 1. The molecule has 0 radical (unpaired) electrons. The monoisotopic (exact) mass is 632 g/mol. The van der Waals surface area contributed by atoms with Crippen LogP contribution in [0.4, 0.5) is 0 Å². The van der Waals surface area contributed by atoms with Crippen LogP contribution in [0.25, 0.3) is 0 Å². The zero-order chi connectivity index (χ0) is 32.1. The van der Waals surface area contributed by atoms with Gasteiger partial charge in [-0.25, -0.2) is 0 Å². The van der Waals surface area contributed by atoms with Crippen molar-refractivity contribution in [2.75, 3.05) is 26.4 Å². The van der Waals surface area contributed by atoms with Crippen LogP contribution in [-0.4, -0.2) is 180 Å². The molecule has 3 aliphatic rings. The Morgan fingerprint density at radius 1 is 0.674 bits per heavy atom. The van der Waals surface area contributed by atoms with E-state index in [0.717, 1.165) is 0 Å². The summed E-state index contributed by atoms with van der Waals surface area (Å²) in [7, 11) is 0. The van der Waals surface area contributed by atoms with Gasteiger partial charge >= 0.3 is 11.9 Å². The van der Waals surface area contributed by atoms with E-state index in [1.165, 1.54) is 0 Å². The lowest BCUT2D eigenvalue weighted by atomic mass is 9.98. The minimum atomic E-state index is -2.41. The number of hydrogen-bond donors (Lipinski definition) is 11. The number of ether oxygens (including phenoxy) is 6. The predicted molar refractivity (Wildman–Crippen MR) is 131 cm³/mol. The topological polar surface area (TPSA) is 312 Å². The molecule has 0 spiro atoms. The van der Waals surface area contributed by atoms with E-state index in [1.807, 2.05) is 0 Å². The van der Waals surface area contributed by atoms with Crippen molar-refractivity contribution >= 4 is 11.9 Å². The molecule has 3 heterocycles. The number of aliphatic carboxylic acids is 1. The molecule has 0 bridgehead atoms. The zero-order valence-electron chi connectivity index (χ0n) is 22.8. The van der Waals surface area contributed by atoms with E-state index in [9.17, 15) is 60.7 Å². The molecule has 3 aliphatic heterocycles. The third-order valence-corrected chi connectivity index (χ3v) is 7.41.